The molecule has 0 unspecified atom stereocenters. The average Bonchev–Trinajstić information content (AvgIpc) is 2.62. The number of hydrogen-bond acceptors (Lipinski definition) is 4. The molecule has 0 aromatic carbocycles. The first-order chi connectivity index (χ1) is 8.37. The minimum absolute atomic E-state index is 0.0779. The van der Waals surface area contributed by atoms with Gasteiger partial charge in [-0.1, -0.05) is 13.8 Å². The number of rotatable bonds is 2. The lowest BCUT2D eigenvalue weighted by Gasteiger charge is -2.33. The largest absolute Gasteiger partial charge is 0.458 e. The normalized spacial score (nSPS) is 19.7. The number of hydrogen-bond donors (Lipinski definition) is 1. The van der Waals surface area contributed by atoms with Gasteiger partial charge < -0.3 is 10.5 Å². The summed E-state index contributed by atoms with van der Waals surface area (Å²) in [5.74, 6) is -0.218. The fourth-order valence-corrected chi connectivity index (χ4v) is 3.12. The number of ether oxygens (including phenoxy) is 1. The van der Waals surface area contributed by atoms with E-state index in [9.17, 15) is 4.79 Å². The number of nitrogen functional groups attached to an aromatic ring is 1. The van der Waals surface area contributed by atoms with E-state index in [1.54, 1.807) is 6.07 Å². The number of anilines is 1. The van der Waals surface area contributed by atoms with Crippen LogP contribution in [0.3, 0.4) is 0 Å². The van der Waals surface area contributed by atoms with Gasteiger partial charge in [-0.2, -0.15) is 0 Å². The summed E-state index contributed by atoms with van der Waals surface area (Å²) in [6, 6.07) is 1.72. The van der Waals surface area contributed by atoms with Gasteiger partial charge in [0.05, 0.1) is 0 Å². The maximum Gasteiger partial charge on any atom is 0.348 e. The Labute approximate surface area is 112 Å². The van der Waals surface area contributed by atoms with Gasteiger partial charge in [-0.05, 0) is 44.1 Å². The third kappa shape index (κ3) is 3.05. The zero-order valence-corrected chi connectivity index (χ0v) is 12.1. The summed E-state index contributed by atoms with van der Waals surface area (Å²) in [5, 5.41) is 0. The molecule has 3 nitrogen and oxygen atoms in total. The zero-order chi connectivity index (χ0) is 13.3. The summed E-state index contributed by atoms with van der Waals surface area (Å²) < 4.78 is 5.55. The van der Waals surface area contributed by atoms with Crippen molar-refractivity contribution in [3.05, 3.63) is 15.8 Å². The highest BCUT2D eigenvalue weighted by Gasteiger charge is 2.29. The topological polar surface area (TPSA) is 52.3 Å². The molecule has 1 heterocycles. The van der Waals surface area contributed by atoms with Crippen LogP contribution >= 0.6 is 11.3 Å². The van der Waals surface area contributed by atoms with Gasteiger partial charge in [0.15, 0.2) is 0 Å². The van der Waals surface area contributed by atoms with Crippen molar-refractivity contribution in [1.29, 1.82) is 0 Å². The van der Waals surface area contributed by atoms with Gasteiger partial charge in [-0.3, -0.25) is 0 Å². The third-order valence-corrected chi connectivity index (χ3v) is 4.76. The molecule has 2 N–H and O–H groups in total. The molecule has 18 heavy (non-hydrogen) atoms. The van der Waals surface area contributed by atoms with E-state index in [2.05, 4.69) is 13.8 Å². The van der Waals surface area contributed by atoms with Gasteiger partial charge in [-0.25, -0.2) is 4.79 Å². The lowest BCUT2D eigenvalue weighted by Crippen LogP contribution is -2.28. The number of carbonyl (C=O) groups excluding carboxylic acids is 1. The highest BCUT2D eigenvalue weighted by molar-refractivity contribution is 7.14. The van der Waals surface area contributed by atoms with E-state index in [0.29, 0.717) is 16.0 Å². The van der Waals surface area contributed by atoms with Crippen molar-refractivity contribution in [3.63, 3.8) is 0 Å². The Balaban J connectivity index is 1.92. The first-order valence-corrected chi connectivity index (χ1v) is 7.26. The van der Waals surface area contributed by atoms with Crippen LogP contribution in [0.1, 0.15) is 54.1 Å². The SMILES string of the molecule is Cc1sc(C(=O)OC2CCC(C)(C)CC2)cc1N. The van der Waals surface area contributed by atoms with Crippen LogP contribution in [-0.2, 0) is 4.74 Å². The third-order valence-electron chi connectivity index (χ3n) is 3.72. The smallest absolute Gasteiger partial charge is 0.348 e. The van der Waals surface area contributed by atoms with Crippen molar-refractivity contribution < 1.29 is 9.53 Å². The molecule has 100 valence electrons. The van der Waals surface area contributed by atoms with Gasteiger partial charge in [-0.15, -0.1) is 11.3 Å². The van der Waals surface area contributed by atoms with Gasteiger partial charge >= 0.3 is 5.97 Å². The van der Waals surface area contributed by atoms with Crippen LogP contribution in [0.25, 0.3) is 0 Å². The predicted molar refractivity (Wildman–Crippen MR) is 74.9 cm³/mol. The molecule has 1 aromatic rings. The van der Waals surface area contributed by atoms with Crippen LogP contribution in [0.4, 0.5) is 5.69 Å². The Kier molecular flexibility index (Phi) is 3.66. The van der Waals surface area contributed by atoms with Gasteiger partial charge in [0.25, 0.3) is 0 Å². The number of nitrogens with two attached hydrogens (primary N) is 1. The first-order valence-electron chi connectivity index (χ1n) is 6.44. The molecule has 0 bridgehead atoms. The van der Waals surface area contributed by atoms with Gasteiger partial charge in [0.2, 0.25) is 0 Å². The summed E-state index contributed by atoms with van der Waals surface area (Å²) in [5.41, 5.74) is 6.82. The number of esters is 1. The molecule has 1 aliphatic rings. The van der Waals surface area contributed by atoms with Crippen LogP contribution < -0.4 is 5.73 Å². The predicted octanol–water partition coefficient (Wildman–Crippen LogP) is 3.76. The second-order valence-electron chi connectivity index (χ2n) is 5.89. The molecule has 0 radical (unpaired) electrons. The summed E-state index contributed by atoms with van der Waals surface area (Å²) in [6.07, 6.45) is 4.26. The van der Waals surface area contributed by atoms with Gasteiger partial charge in [0, 0.05) is 10.6 Å². The molecule has 0 amide bonds. The van der Waals surface area contributed by atoms with Gasteiger partial charge in [0.1, 0.15) is 11.0 Å². The summed E-state index contributed by atoms with van der Waals surface area (Å²) in [7, 11) is 0. The van der Waals surface area contributed by atoms with E-state index >= 15 is 0 Å². The Hall–Kier alpha value is -1.03. The standard InChI is InChI=1S/C14H21NO2S/c1-9-11(15)8-12(18-9)13(16)17-10-4-6-14(2,3)7-5-10/h8,10H,4-7,15H2,1-3H3. The molecule has 1 aliphatic carbocycles. The van der Waals surface area contributed by atoms with Crippen molar-refractivity contribution in [2.45, 2.75) is 52.6 Å². The molecule has 0 aliphatic heterocycles. The van der Waals surface area contributed by atoms with Crippen LogP contribution in [0.5, 0.6) is 0 Å². The molecule has 1 saturated carbocycles. The molecule has 0 saturated heterocycles. The van der Waals surface area contributed by atoms with Crippen molar-refractivity contribution in [2.75, 3.05) is 5.73 Å². The number of thiophene rings is 1. The maximum absolute atomic E-state index is 12.0. The van der Waals surface area contributed by atoms with E-state index in [1.807, 2.05) is 6.92 Å². The van der Waals surface area contributed by atoms with Crippen LogP contribution in [0.15, 0.2) is 6.07 Å². The van der Waals surface area contributed by atoms with Crippen molar-refractivity contribution >= 4 is 23.0 Å². The van der Waals surface area contributed by atoms with Crippen molar-refractivity contribution in [3.8, 4) is 0 Å². The second-order valence-corrected chi connectivity index (χ2v) is 7.15. The van der Waals surface area contributed by atoms with E-state index in [-0.39, 0.29) is 12.1 Å². The second kappa shape index (κ2) is 4.92. The molecule has 0 spiro atoms. The molecular formula is C14H21NO2S. The monoisotopic (exact) mass is 267 g/mol. The summed E-state index contributed by atoms with van der Waals surface area (Å²) in [6.45, 7) is 6.46. The summed E-state index contributed by atoms with van der Waals surface area (Å²) in [4.78, 5) is 13.6. The fraction of sp³-hybridized carbons (Fsp3) is 0.643. The lowest BCUT2D eigenvalue weighted by molar-refractivity contribution is 0.0100. The molecular weight excluding hydrogens is 246 g/mol. The molecule has 1 fully saturated rings. The van der Waals surface area contributed by atoms with E-state index in [0.717, 1.165) is 30.6 Å². The van der Waals surface area contributed by atoms with Crippen LogP contribution in [0, 0.1) is 12.3 Å². The van der Waals surface area contributed by atoms with E-state index < -0.39 is 0 Å². The zero-order valence-electron chi connectivity index (χ0n) is 11.3. The quantitative estimate of drug-likeness (QED) is 0.830. The molecule has 0 atom stereocenters. The Morgan fingerprint density at radius 2 is 2.06 bits per heavy atom. The Morgan fingerprint density at radius 1 is 1.44 bits per heavy atom. The lowest BCUT2D eigenvalue weighted by atomic mass is 9.76. The summed E-state index contributed by atoms with van der Waals surface area (Å²) >= 11 is 1.41. The number of aryl methyl sites for hydroxylation is 1. The Morgan fingerprint density at radius 3 is 2.56 bits per heavy atom. The molecule has 1 aromatic heterocycles. The van der Waals surface area contributed by atoms with Crippen molar-refractivity contribution in [2.24, 2.45) is 5.41 Å². The highest BCUT2D eigenvalue weighted by atomic mass is 32.1. The minimum Gasteiger partial charge on any atom is -0.458 e. The van der Waals surface area contributed by atoms with E-state index in [1.165, 1.54) is 11.3 Å². The fourth-order valence-electron chi connectivity index (χ4n) is 2.30. The van der Waals surface area contributed by atoms with Crippen LogP contribution in [-0.4, -0.2) is 12.1 Å². The average molecular weight is 267 g/mol. The number of carbonyl (C=O) groups is 1. The minimum atomic E-state index is -0.218. The van der Waals surface area contributed by atoms with Crippen molar-refractivity contribution in [1.82, 2.24) is 0 Å². The first kappa shape index (κ1) is 13.4. The van der Waals surface area contributed by atoms with Crippen LogP contribution in [0.2, 0.25) is 0 Å². The molecule has 2 rings (SSSR count). The highest BCUT2D eigenvalue weighted by Crippen LogP contribution is 2.36. The van der Waals surface area contributed by atoms with E-state index in [4.69, 9.17) is 10.5 Å². The maximum atomic E-state index is 12.0. The Bertz CT molecular complexity index is 421. The molecule has 4 heteroatoms.